The molecule has 6 heteroatoms. The van der Waals surface area contributed by atoms with E-state index in [0.717, 1.165) is 0 Å². The minimum Gasteiger partial charge on any atom is -0.504 e. The second kappa shape index (κ2) is 6.47. The zero-order valence-corrected chi connectivity index (χ0v) is 12.9. The van der Waals surface area contributed by atoms with Gasteiger partial charge < -0.3 is 19.9 Å². The number of aromatic hydroxyl groups is 1. The summed E-state index contributed by atoms with van der Waals surface area (Å²) in [6.45, 7) is 6.75. The van der Waals surface area contributed by atoms with Gasteiger partial charge in [-0.2, -0.15) is 0 Å². The molecule has 21 heavy (non-hydrogen) atoms. The number of benzene rings is 1. The second-order valence-electron chi connectivity index (χ2n) is 5.59. The highest BCUT2D eigenvalue weighted by atomic mass is 16.6. The molecule has 0 unspecified atom stereocenters. The molecular weight excluding hydrogens is 274 g/mol. The predicted octanol–water partition coefficient (Wildman–Crippen LogP) is 1.86. The molecule has 0 radical (unpaired) electrons. The summed E-state index contributed by atoms with van der Waals surface area (Å²) in [5.41, 5.74) is -0.599. The summed E-state index contributed by atoms with van der Waals surface area (Å²) in [6, 6.07) is 3.71. The van der Waals surface area contributed by atoms with Crippen LogP contribution in [0, 0.1) is 0 Å². The highest BCUT2D eigenvalue weighted by molar-refractivity contribution is 5.99. The number of rotatable bonds is 4. The standard InChI is InChI=1S/C15H21NO5/c1-9(14(19)21-15(2,3)4)16-13(18)10-7-6-8-11(20-5)12(10)17/h6-9,17H,1-5H3,(H,16,18)/t9-/m1/s1. The van der Waals surface area contributed by atoms with Crippen LogP contribution in [0.15, 0.2) is 18.2 Å². The van der Waals surface area contributed by atoms with Gasteiger partial charge in [0.05, 0.1) is 12.7 Å². The average Bonchev–Trinajstić information content (AvgIpc) is 2.36. The fraction of sp³-hybridized carbons (Fsp3) is 0.467. The Hall–Kier alpha value is -2.24. The van der Waals surface area contributed by atoms with Crippen LogP contribution in [0.3, 0.4) is 0 Å². The number of hydrogen-bond donors (Lipinski definition) is 2. The normalized spacial score (nSPS) is 12.4. The van der Waals surface area contributed by atoms with E-state index >= 15 is 0 Å². The summed E-state index contributed by atoms with van der Waals surface area (Å²) in [7, 11) is 1.39. The molecule has 0 aliphatic heterocycles. The molecule has 0 saturated carbocycles. The molecule has 1 amide bonds. The van der Waals surface area contributed by atoms with Crippen LogP contribution in [0.2, 0.25) is 0 Å². The van der Waals surface area contributed by atoms with Gasteiger partial charge in [0, 0.05) is 0 Å². The third-order valence-electron chi connectivity index (χ3n) is 2.57. The van der Waals surface area contributed by atoms with Crippen LogP contribution in [-0.4, -0.2) is 35.7 Å². The molecule has 1 aromatic carbocycles. The van der Waals surface area contributed by atoms with Gasteiger partial charge in [-0.05, 0) is 39.8 Å². The van der Waals surface area contributed by atoms with E-state index in [-0.39, 0.29) is 17.1 Å². The molecule has 0 saturated heterocycles. The molecule has 2 N–H and O–H groups in total. The Balaban J connectivity index is 2.80. The highest BCUT2D eigenvalue weighted by Gasteiger charge is 2.24. The van der Waals surface area contributed by atoms with Gasteiger partial charge in [0.15, 0.2) is 11.5 Å². The third-order valence-corrected chi connectivity index (χ3v) is 2.57. The molecular formula is C15H21NO5. The number of methoxy groups -OCH3 is 1. The Morgan fingerprint density at radius 3 is 2.43 bits per heavy atom. The maximum Gasteiger partial charge on any atom is 0.328 e. The number of carbonyl (C=O) groups excluding carboxylic acids is 2. The molecule has 1 aromatic rings. The first kappa shape index (κ1) is 16.8. The Bertz CT molecular complexity index is 533. The maximum atomic E-state index is 12.1. The molecule has 0 aromatic heterocycles. The van der Waals surface area contributed by atoms with Gasteiger partial charge in [0.1, 0.15) is 11.6 Å². The quantitative estimate of drug-likeness (QED) is 0.828. The van der Waals surface area contributed by atoms with E-state index in [4.69, 9.17) is 9.47 Å². The van der Waals surface area contributed by atoms with Crippen LogP contribution in [0.25, 0.3) is 0 Å². The largest absolute Gasteiger partial charge is 0.504 e. The van der Waals surface area contributed by atoms with E-state index in [1.165, 1.54) is 26.2 Å². The molecule has 1 atom stereocenters. The SMILES string of the molecule is COc1cccc(C(=O)N[C@H](C)C(=O)OC(C)(C)C)c1O. The molecule has 116 valence electrons. The smallest absolute Gasteiger partial charge is 0.328 e. The number of phenols is 1. The lowest BCUT2D eigenvalue weighted by Crippen LogP contribution is -2.42. The van der Waals surface area contributed by atoms with Crippen LogP contribution < -0.4 is 10.1 Å². The summed E-state index contributed by atoms with van der Waals surface area (Å²) in [5.74, 6) is -1.20. The summed E-state index contributed by atoms with van der Waals surface area (Å²) in [4.78, 5) is 23.9. The van der Waals surface area contributed by atoms with Crippen molar-refractivity contribution in [3.8, 4) is 11.5 Å². The Kier molecular flexibility index (Phi) is 5.18. The Morgan fingerprint density at radius 1 is 1.29 bits per heavy atom. The number of phenolic OH excluding ortho intramolecular Hbond substituents is 1. The average molecular weight is 295 g/mol. The third kappa shape index (κ3) is 4.66. The van der Waals surface area contributed by atoms with E-state index in [9.17, 15) is 14.7 Å². The van der Waals surface area contributed by atoms with Crippen LogP contribution in [0.4, 0.5) is 0 Å². The molecule has 6 nitrogen and oxygen atoms in total. The molecule has 0 heterocycles. The summed E-state index contributed by atoms with van der Waals surface area (Å²) >= 11 is 0. The van der Waals surface area contributed by atoms with Crippen molar-refractivity contribution >= 4 is 11.9 Å². The van der Waals surface area contributed by atoms with E-state index < -0.39 is 23.5 Å². The van der Waals surface area contributed by atoms with Gasteiger partial charge in [0.2, 0.25) is 0 Å². The van der Waals surface area contributed by atoms with E-state index in [0.29, 0.717) is 0 Å². The van der Waals surface area contributed by atoms with Crippen molar-refractivity contribution in [3.05, 3.63) is 23.8 Å². The number of esters is 1. The van der Waals surface area contributed by atoms with Crippen molar-refractivity contribution in [2.45, 2.75) is 39.3 Å². The predicted molar refractivity (Wildman–Crippen MR) is 77.4 cm³/mol. The van der Waals surface area contributed by atoms with Crippen molar-refractivity contribution in [2.75, 3.05) is 7.11 Å². The highest BCUT2D eigenvalue weighted by Crippen LogP contribution is 2.29. The van der Waals surface area contributed by atoms with Crippen LogP contribution in [-0.2, 0) is 9.53 Å². The van der Waals surface area contributed by atoms with Crippen LogP contribution in [0.5, 0.6) is 11.5 Å². The number of carbonyl (C=O) groups is 2. The van der Waals surface area contributed by atoms with Gasteiger partial charge in [0.25, 0.3) is 5.91 Å². The minimum absolute atomic E-state index is 0.0322. The summed E-state index contributed by atoms with van der Waals surface area (Å²) < 4.78 is 10.1. The van der Waals surface area contributed by atoms with E-state index in [2.05, 4.69) is 5.32 Å². The first-order valence-corrected chi connectivity index (χ1v) is 6.55. The molecule has 0 aliphatic rings. The summed E-state index contributed by atoms with van der Waals surface area (Å²) in [5, 5.41) is 12.4. The monoisotopic (exact) mass is 295 g/mol. The van der Waals surface area contributed by atoms with E-state index in [1.807, 2.05) is 0 Å². The number of ether oxygens (including phenoxy) is 2. The van der Waals surface area contributed by atoms with Gasteiger partial charge in [-0.15, -0.1) is 0 Å². The van der Waals surface area contributed by atoms with Gasteiger partial charge in [-0.25, -0.2) is 4.79 Å². The topological polar surface area (TPSA) is 84.9 Å². The van der Waals surface area contributed by atoms with E-state index in [1.54, 1.807) is 26.8 Å². The van der Waals surface area contributed by atoms with Crippen molar-refractivity contribution in [1.82, 2.24) is 5.32 Å². The lowest BCUT2D eigenvalue weighted by molar-refractivity contribution is -0.156. The Labute approximate surface area is 124 Å². The molecule has 0 spiro atoms. The minimum atomic E-state index is -0.831. The maximum absolute atomic E-state index is 12.1. The molecule has 1 rings (SSSR count). The zero-order chi connectivity index (χ0) is 16.2. The van der Waals surface area contributed by atoms with Crippen molar-refractivity contribution in [1.29, 1.82) is 0 Å². The second-order valence-corrected chi connectivity index (χ2v) is 5.59. The van der Waals surface area contributed by atoms with Crippen molar-refractivity contribution < 1.29 is 24.2 Å². The van der Waals surface area contributed by atoms with Crippen LogP contribution in [0.1, 0.15) is 38.1 Å². The number of para-hydroxylation sites is 1. The lowest BCUT2D eigenvalue weighted by atomic mass is 10.1. The van der Waals surface area contributed by atoms with Gasteiger partial charge >= 0.3 is 5.97 Å². The number of hydrogen-bond acceptors (Lipinski definition) is 5. The fourth-order valence-corrected chi connectivity index (χ4v) is 1.59. The van der Waals surface area contributed by atoms with Crippen molar-refractivity contribution in [2.24, 2.45) is 0 Å². The molecule has 0 fully saturated rings. The molecule has 0 aliphatic carbocycles. The van der Waals surface area contributed by atoms with Gasteiger partial charge in [-0.1, -0.05) is 6.07 Å². The summed E-state index contributed by atoms with van der Waals surface area (Å²) in [6.07, 6.45) is 0. The number of amides is 1. The van der Waals surface area contributed by atoms with Gasteiger partial charge in [-0.3, -0.25) is 4.79 Å². The van der Waals surface area contributed by atoms with Crippen molar-refractivity contribution in [3.63, 3.8) is 0 Å². The van der Waals surface area contributed by atoms with Crippen LogP contribution >= 0.6 is 0 Å². The molecule has 0 bridgehead atoms. The fourth-order valence-electron chi connectivity index (χ4n) is 1.59. The first-order valence-electron chi connectivity index (χ1n) is 6.55. The zero-order valence-electron chi connectivity index (χ0n) is 12.9. The lowest BCUT2D eigenvalue weighted by Gasteiger charge is -2.22. The number of nitrogens with one attached hydrogen (secondary N) is 1. The first-order chi connectivity index (χ1) is 9.65. The Morgan fingerprint density at radius 2 is 1.90 bits per heavy atom.